The van der Waals surface area contributed by atoms with Crippen molar-refractivity contribution in [3.05, 3.63) is 28.4 Å². The number of rotatable bonds is 7. The summed E-state index contributed by atoms with van der Waals surface area (Å²) in [6.07, 6.45) is 0. The number of hydrogen-bond acceptors (Lipinski definition) is 15. The molecule has 2 aliphatic heterocycles. The Labute approximate surface area is 224 Å². The number of nitrogen functional groups attached to an aromatic ring is 2. The third-order valence-corrected chi connectivity index (χ3v) is 10.4. The number of thiazole rings is 1. The molecule has 2 amide bonds. The van der Waals surface area contributed by atoms with Crippen molar-refractivity contribution in [2.45, 2.75) is 16.4 Å². The summed E-state index contributed by atoms with van der Waals surface area (Å²) in [5.74, 6) is -2.86. The third-order valence-electron chi connectivity index (χ3n) is 5.44. The number of anilines is 2. The first-order valence-corrected chi connectivity index (χ1v) is 14.8. The Morgan fingerprint density at radius 2 is 2.16 bits per heavy atom. The fourth-order valence-corrected chi connectivity index (χ4v) is 8.62. The first kappa shape index (κ1) is 25.7. The summed E-state index contributed by atoms with van der Waals surface area (Å²) in [4.78, 5) is 42.9. The van der Waals surface area contributed by atoms with Crippen LogP contribution < -0.4 is 16.8 Å². The predicted octanol–water partition coefficient (Wildman–Crippen LogP) is -2.14. The molecule has 0 saturated carbocycles. The lowest BCUT2D eigenvalue weighted by Crippen LogP contribution is -2.74. The number of fused-ring (bicyclic) bond motifs is 2. The summed E-state index contributed by atoms with van der Waals surface area (Å²) >= 11 is 2.15. The molecule has 0 spiro atoms. The predicted molar refractivity (Wildman–Crippen MR) is 136 cm³/mol. The van der Waals surface area contributed by atoms with Crippen LogP contribution in [-0.4, -0.2) is 96.1 Å². The van der Waals surface area contributed by atoms with Gasteiger partial charge in [0.15, 0.2) is 10.8 Å². The zero-order chi connectivity index (χ0) is 27.1. The largest absolute Gasteiger partial charge is 0.477 e. The van der Waals surface area contributed by atoms with Crippen LogP contribution in [0.1, 0.15) is 5.69 Å². The van der Waals surface area contributed by atoms with Crippen LogP contribution in [0.25, 0.3) is 5.65 Å². The second kappa shape index (κ2) is 10.1. The number of carbonyl (C=O) groups excluding carboxylic acids is 2. The van der Waals surface area contributed by atoms with E-state index in [1.807, 2.05) is 0 Å². The smallest absolute Gasteiger partial charge is 0.352 e. The fourth-order valence-electron chi connectivity index (χ4n) is 3.82. The van der Waals surface area contributed by atoms with E-state index in [1.54, 1.807) is 0 Å². The highest BCUT2D eigenvalue weighted by atomic mass is 32.8. The Balaban J connectivity index is 1.39. The average molecular weight is 598 g/mol. The number of amides is 2. The van der Waals surface area contributed by atoms with Crippen LogP contribution in [0.4, 0.5) is 10.8 Å². The number of tetrazole rings is 1. The van der Waals surface area contributed by atoms with Gasteiger partial charge in [0.2, 0.25) is 5.65 Å². The molecular weight excluding hydrogens is 583 g/mol. The summed E-state index contributed by atoms with van der Waals surface area (Å²) in [6.45, 7) is 0. The molecule has 0 bridgehead atoms. The highest BCUT2D eigenvalue weighted by Crippen LogP contribution is 2.37. The molecule has 198 valence electrons. The number of aliphatic carboxylic acids is 1. The van der Waals surface area contributed by atoms with E-state index in [9.17, 15) is 28.9 Å². The molecule has 3 aromatic rings. The molecule has 5 heterocycles. The Kier molecular flexibility index (Phi) is 6.81. The van der Waals surface area contributed by atoms with Crippen molar-refractivity contribution in [1.82, 2.24) is 40.5 Å². The number of thioether (sulfide) groups is 1. The summed E-state index contributed by atoms with van der Waals surface area (Å²) in [7, 11) is -0.886. The van der Waals surface area contributed by atoms with Crippen molar-refractivity contribution in [2.75, 3.05) is 23.0 Å². The average Bonchev–Trinajstić information content (AvgIpc) is 3.54. The van der Waals surface area contributed by atoms with Crippen molar-refractivity contribution in [1.29, 1.82) is 0 Å². The molecule has 21 heteroatoms. The third kappa shape index (κ3) is 4.37. The molecule has 0 aromatic carbocycles. The van der Waals surface area contributed by atoms with Crippen molar-refractivity contribution in [2.24, 2.45) is 5.16 Å². The lowest BCUT2D eigenvalue weighted by Gasteiger charge is -2.50. The van der Waals surface area contributed by atoms with Crippen LogP contribution >= 0.6 is 23.1 Å². The van der Waals surface area contributed by atoms with Gasteiger partial charge >= 0.3 is 5.97 Å². The van der Waals surface area contributed by atoms with E-state index in [-0.39, 0.29) is 49.6 Å². The Bertz CT molecular complexity index is 1630. The maximum absolute atomic E-state index is 13.1. The van der Waals surface area contributed by atoms with Gasteiger partial charge < -0.3 is 27.1 Å². The fraction of sp³-hybridized carbons (Fsp3) is 0.235. The van der Waals surface area contributed by atoms with Crippen molar-refractivity contribution < 1.29 is 28.9 Å². The highest BCUT2D eigenvalue weighted by molar-refractivity contribution is 8.31. The zero-order valence-electron chi connectivity index (χ0n) is 18.6. The van der Waals surface area contributed by atoms with Crippen molar-refractivity contribution in [3.8, 4) is 0 Å². The number of aromatic nitrogens is 6. The van der Waals surface area contributed by atoms with Crippen LogP contribution in [0.15, 0.2) is 32.9 Å². The van der Waals surface area contributed by atoms with Gasteiger partial charge in [0.1, 0.15) is 38.1 Å². The van der Waals surface area contributed by atoms with Crippen LogP contribution in [0.2, 0.25) is 0 Å². The van der Waals surface area contributed by atoms with Gasteiger partial charge in [0.25, 0.3) is 11.8 Å². The van der Waals surface area contributed by atoms with E-state index in [1.165, 1.54) is 11.4 Å². The molecule has 3 aromatic heterocycles. The van der Waals surface area contributed by atoms with Gasteiger partial charge in [-0.15, -0.1) is 26.2 Å². The molecule has 1 saturated heterocycles. The van der Waals surface area contributed by atoms with Crippen LogP contribution in [0, 0.1) is 0 Å². The van der Waals surface area contributed by atoms with E-state index in [0.717, 1.165) is 32.6 Å². The molecule has 5 rings (SSSR count). The van der Waals surface area contributed by atoms with Crippen molar-refractivity contribution in [3.63, 3.8) is 0 Å². The molecule has 1 fully saturated rings. The van der Waals surface area contributed by atoms with Gasteiger partial charge in [0, 0.05) is 16.9 Å². The summed E-state index contributed by atoms with van der Waals surface area (Å²) in [6, 6.07) is 0.328. The van der Waals surface area contributed by atoms with Gasteiger partial charge in [0.05, 0.1) is 5.69 Å². The molecule has 38 heavy (non-hydrogen) atoms. The van der Waals surface area contributed by atoms with Crippen LogP contribution in [0.3, 0.4) is 0 Å². The Hall–Kier alpha value is -3.95. The number of oxime groups is 1. The number of nitrogens with zero attached hydrogens (tertiary/aromatic N) is 8. The minimum atomic E-state index is -1.36. The SMILES string of the molecule is Nc1nc(C(=NO)C(=O)NC2C(=O)N3C(C(=O)O)=C(CSc4cc(N)c5nnnn5n4)C[S@](=S=O)[C@@H]23)cs1. The number of hydrogen-bond donors (Lipinski definition) is 5. The number of carbonyl (C=O) groups is 3. The minimum Gasteiger partial charge on any atom is -0.477 e. The quantitative estimate of drug-likeness (QED) is 0.0640. The molecule has 2 aliphatic rings. The molecule has 7 N–H and O–H groups in total. The molecule has 3 atom stereocenters. The van der Waals surface area contributed by atoms with E-state index in [2.05, 4.69) is 36.1 Å². The molecule has 17 nitrogen and oxygen atoms in total. The number of β-lactam (4-membered cyclic amide) rings is 1. The van der Waals surface area contributed by atoms with Gasteiger partial charge in [-0.25, -0.2) is 14.0 Å². The van der Waals surface area contributed by atoms with E-state index in [4.69, 9.17) is 11.5 Å². The molecule has 0 aliphatic carbocycles. The summed E-state index contributed by atoms with van der Waals surface area (Å²) in [5, 5.41) is 40.8. The number of carboxylic acid groups (broad SMARTS) is 1. The number of nitrogens with two attached hydrogens (primary N) is 2. The van der Waals surface area contributed by atoms with Gasteiger partial charge in [-0.3, -0.25) is 14.5 Å². The van der Waals surface area contributed by atoms with Crippen LogP contribution in [-0.2, 0) is 34.1 Å². The van der Waals surface area contributed by atoms with Crippen molar-refractivity contribution >= 4 is 82.7 Å². The standard InChI is InChI=1S/C17H15N11O6S4/c18-6-1-8(23-28-12(6)22-25-26-28)35-2-5-4-38(37-34)15-10(14(30)27(15)11(5)16(31)32)21-13(29)9(24-33)7-3-36-17(19)20-7/h1,3,10,15,33H,2,4,18H2,(H2,19,20)(H,21,29)(H,31,32)/t10?,15-,38-/m0/s1. The van der Waals surface area contributed by atoms with Gasteiger partial charge in [-0.05, 0) is 22.1 Å². The molecule has 0 radical (unpaired) electrons. The minimum absolute atomic E-state index is 0.00323. The first-order valence-electron chi connectivity index (χ1n) is 10.2. The monoisotopic (exact) mass is 597 g/mol. The Morgan fingerprint density at radius 3 is 2.82 bits per heavy atom. The van der Waals surface area contributed by atoms with E-state index >= 15 is 0 Å². The molecular formula is C17H15N11O6S4. The van der Waals surface area contributed by atoms with E-state index in [0.29, 0.717) is 10.6 Å². The maximum atomic E-state index is 13.1. The van der Waals surface area contributed by atoms with Crippen LogP contribution in [0.5, 0.6) is 0 Å². The first-order chi connectivity index (χ1) is 18.2. The zero-order valence-corrected chi connectivity index (χ0v) is 21.9. The highest BCUT2D eigenvalue weighted by Gasteiger charge is 2.56. The second-order valence-corrected chi connectivity index (χ2v) is 12.9. The Morgan fingerprint density at radius 1 is 1.37 bits per heavy atom. The second-order valence-electron chi connectivity index (χ2n) is 7.64. The summed E-state index contributed by atoms with van der Waals surface area (Å²) < 4.78 is 13.2. The van der Waals surface area contributed by atoms with Gasteiger partial charge in [-0.2, -0.15) is 0 Å². The number of carboxylic acids is 1. The molecule has 1 unspecified atom stereocenters. The number of nitrogens with one attached hydrogen (secondary N) is 1. The lowest BCUT2D eigenvalue weighted by atomic mass is 10.0. The topological polar surface area (TPSA) is 257 Å². The lowest BCUT2D eigenvalue weighted by molar-refractivity contribution is -0.150. The maximum Gasteiger partial charge on any atom is 0.352 e. The summed E-state index contributed by atoms with van der Waals surface area (Å²) in [5.41, 5.74) is 11.6. The normalized spacial score (nSPS) is 21.3. The van der Waals surface area contributed by atoms with E-state index < -0.39 is 44.4 Å². The van der Waals surface area contributed by atoms with Gasteiger partial charge in [-0.1, -0.05) is 26.4 Å².